The van der Waals surface area contributed by atoms with Gasteiger partial charge >= 0.3 is 5.79 Å². The Hall–Kier alpha value is -11.7. The van der Waals surface area contributed by atoms with Gasteiger partial charge < -0.3 is 82.2 Å². The number of benzene rings is 3. The monoisotopic (exact) mass is 1420 g/mol. The van der Waals surface area contributed by atoms with E-state index < -0.39 is 156 Å². The number of carbonyl (C=O) groups excluding carboxylic acids is 12. The molecule has 6 atom stereocenters. The lowest BCUT2D eigenvalue weighted by Gasteiger charge is -2.33. The number of phenolic OH excluding ortho intramolecular Hbond substituents is 1. The number of hydrogen-bond donors (Lipinski definition) is 12. The van der Waals surface area contributed by atoms with Crippen LogP contribution in [-0.4, -0.2) is 174 Å². The van der Waals surface area contributed by atoms with Crippen molar-refractivity contribution in [3.63, 3.8) is 0 Å². The lowest BCUT2D eigenvalue weighted by Crippen LogP contribution is -2.52. The molecule has 3 aromatic carbocycles. The van der Waals surface area contributed by atoms with Crippen molar-refractivity contribution in [2.45, 2.75) is 130 Å². The van der Waals surface area contributed by atoms with Crippen LogP contribution < -0.4 is 78.9 Å². The van der Waals surface area contributed by atoms with E-state index in [-0.39, 0.29) is 92.3 Å². The molecule has 548 valence electrons. The van der Waals surface area contributed by atoms with Crippen molar-refractivity contribution in [1.82, 2.24) is 57.7 Å². The van der Waals surface area contributed by atoms with E-state index in [2.05, 4.69) is 66.0 Å². The number of carbonyl (C=O) groups is 12. The van der Waals surface area contributed by atoms with Gasteiger partial charge in [-0.25, -0.2) is 4.98 Å². The Morgan fingerprint density at radius 2 is 1.33 bits per heavy atom. The molecular formula is C71H85N13O19. The number of aliphatic hydroxyl groups excluding tert-OH is 1. The highest BCUT2D eigenvalue weighted by molar-refractivity contribution is 6.17. The quantitative estimate of drug-likeness (QED) is 0.0218. The summed E-state index contributed by atoms with van der Waals surface area (Å²) < 4.78 is 19.2. The van der Waals surface area contributed by atoms with Crippen LogP contribution in [0.15, 0.2) is 74.4 Å². The van der Waals surface area contributed by atoms with Gasteiger partial charge in [0.1, 0.15) is 34.8 Å². The third-order valence-electron chi connectivity index (χ3n) is 17.8. The number of fused-ring (bicyclic) bond motifs is 14. The van der Waals surface area contributed by atoms with Crippen LogP contribution >= 0.6 is 0 Å². The van der Waals surface area contributed by atoms with E-state index in [1.165, 1.54) is 33.1 Å². The number of nitrogens with one attached hydrogen (secondary N) is 10. The van der Waals surface area contributed by atoms with Crippen LogP contribution in [0.2, 0.25) is 0 Å². The van der Waals surface area contributed by atoms with Crippen LogP contribution in [0.5, 0.6) is 11.5 Å². The van der Waals surface area contributed by atoms with Crippen LogP contribution in [0.3, 0.4) is 0 Å². The summed E-state index contributed by atoms with van der Waals surface area (Å²) in [5.74, 6) is -7.86. The van der Waals surface area contributed by atoms with E-state index in [0.717, 1.165) is 42.7 Å². The van der Waals surface area contributed by atoms with E-state index in [1.54, 1.807) is 32.1 Å². The summed E-state index contributed by atoms with van der Waals surface area (Å²) in [6.45, 7) is 8.71. The molecule has 6 heterocycles. The maximum absolute atomic E-state index is 15.0. The fourth-order valence-electron chi connectivity index (χ4n) is 12.0. The van der Waals surface area contributed by atoms with E-state index in [9.17, 15) is 72.5 Å². The highest BCUT2D eigenvalue weighted by Gasteiger charge is 2.46. The number of allylic oxidation sites excluding steroid dienone is 4. The first-order valence-corrected chi connectivity index (χ1v) is 33.8. The zero-order chi connectivity index (χ0) is 75.0. The molecule has 5 aliphatic heterocycles. The van der Waals surface area contributed by atoms with Gasteiger partial charge in [-0.1, -0.05) is 45.4 Å². The van der Waals surface area contributed by atoms with E-state index >= 15 is 4.79 Å². The van der Waals surface area contributed by atoms with Gasteiger partial charge in [0.25, 0.3) is 17.7 Å². The number of anilines is 2. The van der Waals surface area contributed by atoms with E-state index in [1.807, 2.05) is 24.0 Å². The molecule has 9 rings (SSSR count). The molecule has 32 heteroatoms. The van der Waals surface area contributed by atoms with Gasteiger partial charge in [-0.2, -0.15) is 0 Å². The number of hydrogen-bond acceptors (Lipinski definition) is 21. The first-order valence-electron chi connectivity index (χ1n) is 33.8. The van der Waals surface area contributed by atoms with Gasteiger partial charge in [-0.05, 0) is 84.1 Å². The maximum atomic E-state index is 15.0. The van der Waals surface area contributed by atoms with Crippen molar-refractivity contribution < 1.29 is 81.6 Å². The number of nitrogens with zero attached hydrogens (tertiary/aromatic N) is 3. The van der Waals surface area contributed by atoms with Gasteiger partial charge in [-0.3, -0.25) is 72.0 Å². The minimum atomic E-state index is -1.81. The van der Waals surface area contributed by atoms with Gasteiger partial charge in [0.05, 0.1) is 56.1 Å². The molecule has 32 nitrogen and oxygen atoms in total. The largest absolute Gasteiger partial charge is 0.507 e. The second kappa shape index (κ2) is 34.6. The predicted octanol–water partition coefficient (Wildman–Crippen LogP) is 0.316. The summed E-state index contributed by atoms with van der Waals surface area (Å²) in [5.41, 5.74) is -1.86. The number of imide groups is 1. The van der Waals surface area contributed by atoms with Crippen LogP contribution in [0, 0.1) is 37.0 Å². The van der Waals surface area contributed by atoms with Crippen LogP contribution in [-0.2, 0) is 62.3 Å². The topological polar surface area (TPSA) is 451 Å². The first-order chi connectivity index (χ1) is 49.0. The number of terminal acetylenes is 1. The summed E-state index contributed by atoms with van der Waals surface area (Å²) >= 11 is 0. The summed E-state index contributed by atoms with van der Waals surface area (Å²) in [4.78, 5) is 187. The third-order valence-corrected chi connectivity index (χ3v) is 17.8. The van der Waals surface area contributed by atoms with Crippen LogP contribution in [0.4, 0.5) is 11.4 Å². The normalized spacial score (nSPS) is 19.3. The minimum absolute atomic E-state index is 0.00273. The van der Waals surface area contributed by atoms with Gasteiger partial charge in [0.2, 0.25) is 64.0 Å². The third kappa shape index (κ3) is 19.5. The zero-order valence-electron chi connectivity index (χ0n) is 58.1. The number of aromatic nitrogens is 1. The standard InChI is InChI=1S/C71H85N13O19/c1-9-43-27-37(3)15-12-11-13-26-101-71(10-2)67(97)59-57-58(63(95)40(6)65(59)103-71)64(96)62(82-68(98)39(5)17-14-16-38(4)28-43)66-61(57)81-60-46(85)29-45(30-47(60)102-66)83-23-20-44(21-24-83)80-54(92)35-75-50(88)32-73-51(89)33-76-69(99)41(7)79-53(91)36-77-70(100)42(8)78-52(90)34-74-49(87)31-72-48(86)22-25-84-55(93)18-19-56(84)94/h1,13-14,16-19,26,29-30,37-38,41-44,95,97H,10-12,15,20-25,27-28,31-36H2,2-8H3,(H,72,86)(H,73,89)(H,74,87)(H,75,88)(H,76,99)(H,77,100)(H,78,90)(H,79,91)(H,80,92)(H,82,98). The summed E-state index contributed by atoms with van der Waals surface area (Å²) in [5, 5.41) is 47.8. The number of ether oxygens (including phenoxy) is 2. The average Bonchev–Trinajstić information content (AvgIpc) is 1.65. The molecule has 5 aliphatic rings. The molecule has 12 N–H and O–H groups in total. The van der Waals surface area contributed by atoms with E-state index in [4.69, 9.17) is 25.3 Å². The Labute approximate surface area is 590 Å². The van der Waals surface area contributed by atoms with Crippen molar-refractivity contribution in [2.24, 2.45) is 17.8 Å². The van der Waals surface area contributed by atoms with Gasteiger partial charge in [0.15, 0.2) is 22.4 Å². The van der Waals surface area contributed by atoms with Crippen LogP contribution in [0.1, 0.15) is 105 Å². The second-order valence-corrected chi connectivity index (χ2v) is 25.8. The smallest absolute Gasteiger partial charge is 0.309 e. The Balaban J connectivity index is 0.814. The van der Waals surface area contributed by atoms with Gasteiger partial charge in [-0.15, -0.1) is 12.3 Å². The molecule has 1 aromatic heterocycles. The number of amides is 12. The second-order valence-electron chi connectivity index (χ2n) is 25.8. The molecule has 0 spiro atoms. The SMILES string of the molecule is C#CC1CC(C)C=CC=C(C)C(=O)Nc2c(=O)c3c(O)c(C)c4c(c3c3nc5c(=O)cc(N6CCC(NC(=O)CNC(=O)CNC(=O)CNC(=O)C(C)NC(=O)CNC(=O)C(C)NC(=O)CNC(=O)CNC(=O)CCN7C(=O)C=CC7=O)CC6)cc5oc23)=C(O)C(CC)(OC=CCCCC(C)C1)O4. The Bertz CT molecular complexity index is 4410. The molecule has 12 amide bonds. The number of aliphatic hydroxyl groups is 1. The Morgan fingerprint density at radius 3 is 1.94 bits per heavy atom. The maximum Gasteiger partial charge on any atom is 0.309 e. The summed E-state index contributed by atoms with van der Waals surface area (Å²) in [7, 11) is 0. The fourth-order valence-corrected chi connectivity index (χ4v) is 12.0. The predicted molar refractivity (Wildman–Crippen MR) is 375 cm³/mol. The lowest BCUT2D eigenvalue weighted by atomic mass is 9.86. The molecule has 6 unspecified atom stereocenters. The number of aromatic hydroxyl groups is 1. The van der Waals surface area contributed by atoms with Crippen molar-refractivity contribution >= 4 is 121 Å². The minimum Gasteiger partial charge on any atom is -0.507 e. The van der Waals surface area contributed by atoms with Crippen LogP contribution in [0.25, 0.3) is 38.7 Å². The highest BCUT2D eigenvalue weighted by Crippen LogP contribution is 2.43. The Kier molecular flexibility index (Phi) is 25.9. The van der Waals surface area contributed by atoms with E-state index in [0.29, 0.717) is 44.0 Å². The fraction of sp³-hybridized carbons (Fsp3) is 0.451. The first kappa shape index (κ1) is 77.1. The molecule has 4 aromatic rings. The molecule has 103 heavy (non-hydrogen) atoms. The average molecular weight is 1420 g/mol. The summed E-state index contributed by atoms with van der Waals surface area (Å²) in [6.07, 6.45) is 21.2. The Morgan fingerprint density at radius 1 is 0.748 bits per heavy atom. The van der Waals surface area contributed by atoms with Crippen molar-refractivity contribution in [2.75, 3.05) is 69.1 Å². The lowest BCUT2D eigenvalue weighted by molar-refractivity contribution is -0.137. The molecule has 1 fully saturated rings. The molecular weight excluding hydrogens is 1340 g/mol. The summed E-state index contributed by atoms with van der Waals surface area (Å²) in [6, 6.07) is 0.166. The zero-order valence-corrected chi connectivity index (χ0v) is 58.1. The molecule has 0 radical (unpaired) electrons. The van der Waals surface area contributed by atoms with Crippen molar-refractivity contribution in [3.05, 3.63) is 91.7 Å². The number of rotatable bonds is 22. The number of phenols is 1. The van der Waals surface area contributed by atoms with Gasteiger partial charge in [0, 0.05) is 90.9 Å². The number of piperidine rings is 1. The van der Waals surface area contributed by atoms with Crippen molar-refractivity contribution in [3.8, 4) is 23.8 Å². The highest BCUT2D eigenvalue weighted by atomic mass is 16.7. The molecule has 0 aliphatic carbocycles. The molecule has 1 saturated heterocycles. The van der Waals surface area contributed by atoms with Crippen molar-refractivity contribution in [1.29, 1.82) is 0 Å². The molecule has 0 saturated carbocycles. The molecule has 5 bridgehead atoms.